The number of aromatic nitrogens is 2. The van der Waals surface area contributed by atoms with Crippen LogP contribution in [0, 0.1) is 0 Å². The summed E-state index contributed by atoms with van der Waals surface area (Å²) in [6.45, 7) is 3.33. The molecule has 1 unspecified atom stereocenters. The summed E-state index contributed by atoms with van der Waals surface area (Å²) in [4.78, 5) is 48.3. The summed E-state index contributed by atoms with van der Waals surface area (Å²) in [5.74, 6) is 0.424. The number of aryl methyl sites for hydroxylation is 1. The van der Waals surface area contributed by atoms with E-state index in [0.29, 0.717) is 49.1 Å². The molecule has 2 N–H and O–H groups in total. The van der Waals surface area contributed by atoms with Gasteiger partial charge in [-0.1, -0.05) is 25.5 Å². The number of aromatic amines is 1. The summed E-state index contributed by atoms with van der Waals surface area (Å²) in [5.41, 5.74) is 1.70. The Kier molecular flexibility index (Phi) is 6.99. The minimum absolute atomic E-state index is 0.00224. The lowest BCUT2D eigenvalue weighted by Gasteiger charge is -2.31. The molecule has 2 aromatic heterocycles. The number of fused-ring (bicyclic) bond motifs is 2. The smallest absolute Gasteiger partial charge is 0.258 e. The van der Waals surface area contributed by atoms with E-state index in [1.54, 1.807) is 29.5 Å². The van der Waals surface area contributed by atoms with Crippen molar-refractivity contribution in [2.75, 3.05) is 6.54 Å². The molecule has 32 heavy (non-hydrogen) atoms. The highest BCUT2D eigenvalue weighted by molar-refractivity contribution is 7.10. The molecule has 7 nitrogen and oxygen atoms in total. The highest BCUT2D eigenvalue weighted by atomic mass is 32.1. The van der Waals surface area contributed by atoms with Gasteiger partial charge in [-0.15, -0.1) is 11.3 Å². The monoisotopic (exact) mass is 452 g/mol. The standard InChI is InChI=1S/C24H28N4O3S/c1-2-6-19(24(31)28-13-11-20-16(15-28)12-14-32-20)26-22(29)10-5-9-21-25-18-8-4-3-7-17(18)23(30)27-21/h3-4,7-8,12,14,19H,2,5-6,9-11,13,15H2,1H3,(H,26,29)(H,25,27,30). The topological polar surface area (TPSA) is 95.2 Å². The van der Waals surface area contributed by atoms with Crippen LogP contribution in [-0.4, -0.2) is 39.3 Å². The Balaban J connectivity index is 1.31. The largest absolute Gasteiger partial charge is 0.344 e. The lowest BCUT2D eigenvalue weighted by atomic mass is 10.1. The van der Waals surface area contributed by atoms with Gasteiger partial charge in [-0.25, -0.2) is 4.98 Å². The maximum absolute atomic E-state index is 13.1. The maximum Gasteiger partial charge on any atom is 0.258 e. The van der Waals surface area contributed by atoms with Gasteiger partial charge in [0.2, 0.25) is 11.8 Å². The van der Waals surface area contributed by atoms with Crippen molar-refractivity contribution in [2.45, 2.75) is 58.0 Å². The van der Waals surface area contributed by atoms with E-state index in [4.69, 9.17) is 0 Å². The van der Waals surface area contributed by atoms with Crippen LogP contribution in [0.1, 0.15) is 48.9 Å². The van der Waals surface area contributed by atoms with Gasteiger partial charge >= 0.3 is 0 Å². The van der Waals surface area contributed by atoms with Crippen molar-refractivity contribution in [3.63, 3.8) is 0 Å². The molecule has 0 fully saturated rings. The van der Waals surface area contributed by atoms with Gasteiger partial charge in [0.25, 0.3) is 5.56 Å². The van der Waals surface area contributed by atoms with Crippen molar-refractivity contribution in [3.8, 4) is 0 Å². The van der Waals surface area contributed by atoms with E-state index in [1.807, 2.05) is 17.9 Å². The van der Waals surface area contributed by atoms with E-state index >= 15 is 0 Å². The average Bonchev–Trinajstić information content (AvgIpc) is 3.26. The molecule has 1 atom stereocenters. The summed E-state index contributed by atoms with van der Waals surface area (Å²) in [6.07, 6.45) is 3.63. The molecular weight excluding hydrogens is 424 g/mol. The number of hydrogen-bond acceptors (Lipinski definition) is 5. The second-order valence-corrected chi connectivity index (χ2v) is 9.17. The van der Waals surface area contributed by atoms with Crippen molar-refractivity contribution < 1.29 is 9.59 Å². The fourth-order valence-electron chi connectivity index (χ4n) is 4.14. The molecule has 1 aromatic carbocycles. The predicted octanol–water partition coefficient (Wildman–Crippen LogP) is 3.18. The van der Waals surface area contributed by atoms with Crippen LogP contribution in [0.4, 0.5) is 0 Å². The quantitative estimate of drug-likeness (QED) is 0.549. The number of hydrogen-bond donors (Lipinski definition) is 2. The van der Waals surface area contributed by atoms with Gasteiger partial charge in [0.1, 0.15) is 11.9 Å². The zero-order valence-corrected chi connectivity index (χ0v) is 19.0. The van der Waals surface area contributed by atoms with Crippen molar-refractivity contribution in [1.29, 1.82) is 0 Å². The van der Waals surface area contributed by atoms with E-state index in [0.717, 1.165) is 12.8 Å². The SMILES string of the molecule is CCCC(NC(=O)CCCc1nc2ccccc2c(=O)[nH]1)C(=O)N1CCc2sccc2C1. The fraction of sp³-hybridized carbons (Fsp3) is 0.417. The van der Waals surface area contributed by atoms with Gasteiger partial charge in [-0.3, -0.25) is 14.4 Å². The number of amides is 2. The van der Waals surface area contributed by atoms with Crippen molar-refractivity contribution in [1.82, 2.24) is 20.2 Å². The molecule has 8 heteroatoms. The minimum Gasteiger partial charge on any atom is -0.344 e. The zero-order valence-electron chi connectivity index (χ0n) is 18.2. The molecule has 0 aliphatic carbocycles. The van der Waals surface area contributed by atoms with E-state index in [2.05, 4.69) is 26.7 Å². The summed E-state index contributed by atoms with van der Waals surface area (Å²) in [6, 6.07) is 8.79. The first-order valence-electron chi connectivity index (χ1n) is 11.2. The van der Waals surface area contributed by atoms with Crippen molar-refractivity contribution >= 4 is 34.1 Å². The van der Waals surface area contributed by atoms with Gasteiger partial charge in [-0.2, -0.15) is 0 Å². The lowest BCUT2D eigenvalue weighted by molar-refractivity contribution is -0.137. The van der Waals surface area contributed by atoms with E-state index in [-0.39, 0.29) is 23.8 Å². The van der Waals surface area contributed by atoms with Crippen LogP contribution in [0.5, 0.6) is 0 Å². The molecule has 2 amide bonds. The number of nitrogens with zero attached hydrogens (tertiary/aromatic N) is 2. The highest BCUT2D eigenvalue weighted by Gasteiger charge is 2.28. The van der Waals surface area contributed by atoms with Gasteiger partial charge < -0.3 is 15.2 Å². The predicted molar refractivity (Wildman–Crippen MR) is 126 cm³/mol. The first-order valence-corrected chi connectivity index (χ1v) is 12.0. The summed E-state index contributed by atoms with van der Waals surface area (Å²) in [5, 5.41) is 5.57. The van der Waals surface area contributed by atoms with Gasteiger partial charge in [-0.05, 0) is 48.4 Å². The summed E-state index contributed by atoms with van der Waals surface area (Å²) >= 11 is 1.74. The van der Waals surface area contributed by atoms with Crippen LogP contribution < -0.4 is 10.9 Å². The van der Waals surface area contributed by atoms with Gasteiger partial charge in [0.15, 0.2) is 0 Å². The second kappa shape index (κ2) is 10.1. The molecule has 3 aromatic rings. The number of carbonyl (C=O) groups is 2. The molecule has 0 saturated heterocycles. The molecule has 1 aliphatic heterocycles. The molecule has 0 saturated carbocycles. The van der Waals surface area contributed by atoms with E-state index in [9.17, 15) is 14.4 Å². The highest BCUT2D eigenvalue weighted by Crippen LogP contribution is 2.24. The van der Waals surface area contributed by atoms with Crippen LogP contribution in [0.2, 0.25) is 0 Å². The Morgan fingerprint density at radius 2 is 2.12 bits per heavy atom. The Hall–Kier alpha value is -3.00. The molecule has 0 bridgehead atoms. The Bertz CT molecular complexity index is 1170. The first-order chi connectivity index (χ1) is 15.5. The minimum atomic E-state index is -0.494. The molecule has 0 spiro atoms. The summed E-state index contributed by atoms with van der Waals surface area (Å²) < 4.78 is 0. The van der Waals surface area contributed by atoms with Crippen LogP contribution in [0.3, 0.4) is 0 Å². The van der Waals surface area contributed by atoms with Gasteiger partial charge in [0, 0.05) is 30.8 Å². The molecule has 0 radical (unpaired) electrons. The normalized spacial score (nSPS) is 14.2. The maximum atomic E-state index is 13.1. The number of H-pyrrole nitrogens is 1. The number of para-hydroxylation sites is 1. The van der Waals surface area contributed by atoms with E-state index in [1.165, 1.54) is 10.4 Å². The second-order valence-electron chi connectivity index (χ2n) is 8.17. The van der Waals surface area contributed by atoms with Crippen molar-refractivity contribution in [3.05, 3.63) is 62.3 Å². The number of benzene rings is 1. The Labute approximate surface area is 190 Å². The number of thiophene rings is 1. The Morgan fingerprint density at radius 3 is 2.97 bits per heavy atom. The van der Waals surface area contributed by atoms with Crippen LogP contribution in [0.25, 0.3) is 10.9 Å². The third-order valence-electron chi connectivity index (χ3n) is 5.81. The first kappa shape index (κ1) is 22.2. The third-order valence-corrected chi connectivity index (χ3v) is 6.83. The number of rotatable bonds is 8. The fourth-order valence-corrected chi connectivity index (χ4v) is 5.03. The molecular formula is C24H28N4O3S. The molecule has 4 rings (SSSR count). The van der Waals surface area contributed by atoms with Crippen LogP contribution >= 0.6 is 11.3 Å². The summed E-state index contributed by atoms with van der Waals surface area (Å²) in [7, 11) is 0. The number of nitrogens with one attached hydrogen (secondary N) is 2. The van der Waals surface area contributed by atoms with E-state index < -0.39 is 6.04 Å². The Morgan fingerprint density at radius 1 is 1.28 bits per heavy atom. The molecule has 1 aliphatic rings. The lowest BCUT2D eigenvalue weighted by Crippen LogP contribution is -2.49. The van der Waals surface area contributed by atoms with Crippen LogP contribution in [0.15, 0.2) is 40.5 Å². The molecule has 168 valence electrons. The van der Waals surface area contributed by atoms with Gasteiger partial charge in [0.05, 0.1) is 10.9 Å². The number of carbonyl (C=O) groups excluding carboxylic acids is 2. The third kappa shape index (κ3) is 5.07. The average molecular weight is 453 g/mol. The zero-order chi connectivity index (χ0) is 22.5. The van der Waals surface area contributed by atoms with Crippen molar-refractivity contribution in [2.24, 2.45) is 0 Å². The molecule has 3 heterocycles. The van der Waals surface area contributed by atoms with Crippen LogP contribution in [-0.2, 0) is 29.0 Å².